The normalized spacial score (nSPS) is 53.4. The molecule has 4 rings (SSSR count). The Morgan fingerprint density at radius 3 is 2.26 bits per heavy atom. The van der Waals surface area contributed by atoms with Crippen LogP contribution >= 0.6 is 22.2 Å². The van der Waals surface area contributed by atoms with Crippen molar-refractivity contribution in [2.45, 2.75) is 57.4 Å². The highest BCUT2D eigenvalue weighted by Gasteiger charge is 2.56. The Morgan fingerprint density at radius 2 is 1.63 bits per heavy atom. The topological polar surface area (TPSA) is 0 Å². The first-order valence-corrected chi connectivity index (χ1v) is 12.6. The van der Waals surface area contributed by atoms with Crippen molar-refractivity contribution in [2.75, 3.05) is 0 Å². The maximum absolute atomic E-state index is 6.40. The molecule has 4 bridgehead atoms. The summed E-state index contributed by atoms with van der Waals surface area (Å²) in [6, 6.07) is 0. The molecule has 4 saturated carbocycles. The van der Waals surface area contributed by atoms with Crippen molar-refractivity contribution in [3.05, 3.63) is 0 Å². The third-order valence-corrected chi connectivity index (χ3v) is 11.0. The second kappa shape index (κ2) is 4.92. The third-order valence-electron chi connectivity index (χ3n) is 7.34. The van der Waals surface area contributed by atoms with Gasteiger partial charge in [0.1, 0.15) is 0 Å². The summed E-state index contributed by atoms with van der Waals surface area (Å²) in [5.41, 5.74) is 0.641. The number of halogens is 2. The first kappa shape index (κ1) is 13.5. The first-order valence-electron chi connectivity index (χ1n) is 8.43. The molecule has 0 nitrogen and oxygen atoms in total. The fourth-order valence-corrected chi connectivity index (χ4v) is 8.64. The lowest BCUT2D eigenvalue weighted by Crippen LogP contribution is -2.36. The molecule has 3 heteroatoms. The molecule has 0 saturated heterocycles. The van der Waals surface area contributed by atoms with Crippen molar-refractivity contribution >= 4 is 29.6 Å². The molecular formula is C16H26Cl2Si. The van der Waals surface area contributed by atoms with E-state index in [4.69, 9.17) is 22.2 Å². The van der Waals surface area contributed by atoms with Crippen LogP contribution < -0.4 is 0 Å². The first-order chi connectivity index (χ1) is 9.15. The number of hydrogen-bond donors (Lipinski definition) is 0. The van der Waals surface area contributed by atoms with E-state index in [9.17, 15) is 0 Å². The molecule has 0 heterocycles. The van der Waals surface area contributed by atoms with Gasteiger partial charge in [-0.25, -0.2) is 0 Å². The van der Waals surface area contributed by atoms with Gasteiger partial charge in [0.25, 0.3) is 0 Å². The fourth-order valence-electron chi connectivity index (χ4n) is 6.73. The van der Waals surface area contributed by atoms with E-state index in [1.165, 1.54) is 32.1 Å². The van der Waals surface area contributed by atoms with E-state index in [-0.39, 0.29) is 0 Å². The summed E-state index contributed by atoms with van der Waals surface area (Å²) in [4.78, 5) is 0. The van der Waals surface area contributed by atoms with Crippen LogP contribution in [0.4, 0.5) is 0 Å². The zero-order chi connectivity index (χ0) is 13.1. The number of hydrogen-bond acceptors (Lipinski definition) is 0. The van der Waals surface area contributed by atoms with Gasteiger partial charge in [-0.15, -0.1) is 0 Å². The van der Waals surface area contributed by atoms with Crippen LogP contribution in [0, 0.1) is 41.4 Å². The lowest BCUT2D eigenvalue weighted by molar-refractivity contribution is 0.103. The zero-order valence-electron chi connectivity index (χ0n) is 11.9. The molecule has 19 heavy (non-hydrogen) atoms. The van der Waals surface area contributed by atoms with Crippen molar-refractivity contribution in [2.24, 2.45) is 41.4 Å². The van der Waals surface area contributed by atoms with E-state index in [1.54, 1.807) is 12.8 Å². The van der Waals surface area contributed by atoms with Crippen LogP contribution in [0.25, 0.3) is 0 Å². The van der Waals surface area contributed by atoms with Gasteiger partial charge in [0.15, 0.2) is 0 Å². The zero-order valence-corrected chi connectivity index (χ0v) is 14.6. The van der Waals surface area contributed by atoms with Gasteiger partial charge in [0.05, 0.1) is 0 Å². The van der Waals surface area contributed by atoms with Crippen molar-refractivity contribution in [3.8, 4) is 0 Å². The van der Waals surface area contributed by atoms with Crippen molar-refractivity contribution in [1.29, 1.82) is 0 Å². The predicted molar refractivity (Wildman–Crippen MR) is 85.0 cm³/mol. The van der Waals surface area contributed by atoms with Crippen LogP contribution in [0.3, 0.4) is 0 Å². The summed E-state index contributed by atoms with van der Waals surface area (Å²) in [5.74, 6) is 7.16. The van der Waals surface area contributed by atoms with Crippen LogP contribution in [0.1, 0.15) is 51.9 Å². The van der Waals surface area contributed by atoms with Gasteiger partial charge < -0.3 is 0 Å². The van der Waals surface area contributed by atoms with E-state index in [0.717, 1.165) is 41.4 Å². The second-order valence-electron chi connectivity index (χ2n) is 8.02. The van der Waals surface area contributed by atoms with E-state index < -0.39 is 7.42 Å². The van der Waals surface area contributed by atoms with E-state index in [1.807, 2.05) is 0 Å². The minimum absolute atomic E-state index is 0.641. The van der Waals surface area contributed by atoms with Crippen LogP contribution in [-0.4, -0.2) is 7.42 Å². The highest BCUT2D eigenvalue weighted by Crippen LogP contribution is 2.64. The molecule has 4 aliphatic carbocycles. The number of fused-ring (bicyclic) bond motifs is 4. The molecule has 0 radical (unpaired) electrons. The molecule has 4 fully saturated rings. The molecule has 8 unspecified atom stereocenters. The van der Waals surface area contributed by atoms with Gasteiger partial charge in [-0.1, -0.05) is 13.3 Å². The van der Waals surface area contributed by atoms with Gasteiger partial charge in [-0.2, -0.15) is 22.2 Å². The van der Waals surface area contributed by atoms with Gasteiger partial charge >= 0.3 is 0 Å². The summed E-state index contributed by atoms with van der Waals surface area (Å²) in [6.45, 7) is 2.38. The summed E-state index contributed by atoms with van der Waals surface area (Å²) < 4.78 is 0. The van der Waals surface area contributed by atoms with Gasteiger partial charge in [-0.05, 0) is 85.5 Å². The summed E-state index contributed by atoms with van der Waals surface area (Å²) in [6.07, 6.45) is 10.7. The minimum atomic E-state index is -1.50. The molecule has 0 aliphatic heterocycles. The SMILES string of the molecule is CC(C1C2CCC(C2)C1C1CC2CCC1C2)[SiH](Cl)Cl. The monoisotopic (exact) mass is 316 g/mol. The molecule has 4 aliphatic rings. The maximum atomic E-state index is 6.40. The Hall–Kier alpha value is 0.797. The smallest absolute Gasteiger partial charge is 0.150 e. The highest BCUT2D eigenvalue weighted by molar-refractivity contribution is 7.34. The van der Waals surface area contributed by atoms with E-state index in [0.29, 0.717) is 5.54 Å². The van der Waals surface area contributed by atoms with Gasteiger partial charge in [0.2, 0.25) is 7.42 Å². The second-order valence-corrected chi connectivity index (χ2v) is 13.2. The van der Waals surface area contributed by atoms with Crippen molar-refractivity contribution in [3.63, 3.8) is 0 Å². The lowest BCUT2D eigenvalue weighted by atomic mass is 9.66. The quantitative estimate of drug-likeness (QED) is 0.497. The molecule has 8 atom stereocenters. The predicted octanol–water partition coefficient (Wildman–Crippen LogP) is 5.17. The van der Waals surface area contributed by atoms with E-state index >= 15 is 0 Å². The van der Waals surface area contributed by atoms with Crippen LogP contribution in [0.15, 0.2) is 0 Å². The average molecular weight is 317 g/mol. The lowest BCUT2D eigenvalue weighted by Gasteiger charge is -2.42. The van der Waals surface area contributed by atoms with Crippen LogP contribution in [0.2, 0.25) is 5.54 Å². The summed E-state index contributed by atoms with van der Waals surface area (Å²) >= 11 is 12.8. The van der Waals surface area contributed by atoms with E-state index in [2.05, 4.69) is 6.92 Å². The van der Waals surface area contributed by atoms with Crippen molar-refractivity contribution in [1.82, 2.24) is 0 Å². The Balaban J connectivity index is 1.58. The molecule has 0 aromatic carbocycles. The Kier molecular flexibility index (Phi) is 3.48. The van der Waals surface area contributed by atoms with Gasteiger partial charge in [0, 0.05) is 0 Å². The Bertz CT molecular complexity index is 359. The molecule has 0 aromatic rings. The summed E-state index contributed by atoms with van der Waals surface area (Å²) in [5, 5.41) is 0. The molecule has 0 aromatic heterocycles. The molecule has 0 N–H and O–H groups in total. The van der Waals surface area contributed by atoms with Crippen molar-refractivity contribution < 1.29 is 0 Å². The fraction of sp³-hybridized carbons (Fsp3) is 1.00. The number of rotatable bonds is 3. The molecule has 0 spiro atoms. The third kappa shape index (κ3) is 2.06. The maximum Gasteiger partial charge on any atom is 0.240 e. The standard InChI is InChI=1S/C16H26Cl2Si/c1-9(19(17)18)15-12-4-5-13(8-12)16(15)14-7-10-2-3-11(14)6-10/h9-16,19H,2-8H2,1H3. The minimum Gasteiger partial charge on any atom is -0.150 e. The summed E-state index contributed by atoms with van der Waals surface area (Å²) in [7, 11) is -1.50. The highest BCUT2D eigenvalue weighted by atomic mass is 35.7. The Labute approximate surface area is 128 Å². The van der Waals surface area contributed by atoms with Crippen LogP contribution in [0.5, 0.6) is 0 Å². The van der Waals surface area contributed by atoms with Gasteiger partial charge in [-0.3, -0.25) is 0 Å². The largest absolute Gasteiger partial charge is 0.240 e. The molecule has 0 amide bonds. The van der Waals surface area contributed by atoms with Crippen LogP contribution in [-0.2, 0) is 0 Å². The Morgan fingerprint density at radius 1 is 0.895 bits per heavy atom. The molecule has 108 valence electrons. The average Bonchev–Trinajstić information content (AvgIpc) is 3.14. The molecular weight excluding hydrogens is 291 g/mol.